The van der Waals surface area contributed by atoms with Gasteiger partial charge in [-0.15, -0.1) is 0 Å². The first-order chi connectivity index (χ1) is 13.1. The summed E-state index contributed by atoms with van der Waals surface area (Å²) >= 11 is 1.50. The molecule has 0 bridgehead atoms. The number of carbonyl (C=O) groups is 1. The molecule has 136 valence electrons. The third kappa shape index (κ3) is 4.59. The SMILES string of the molecule is Cc1nc(C(=O)N(Cc2ccccc2)CC(O)c2ccsc2)ccc1C#N. The largest absolute Gasteiger partial charge is 0.387 e. The van der Waals surface area contributed by atoms with E-state index in [2.05, 4.69) is 11.1 Å². The van der Waals surface area contributed by atoms with Gasteiger partial charge in [-0.3, -0.25) is 4.79 Å². The number of carbonyl (C=O) groups excluding carboxylic acids is 1. The Labute approximate surface area is 162 Å². The van der Waals surface area contributed by atoms with Gasteiger partial charge in [0.05, 0.1) is 23.9 Å². The number of hydrogen-bond donors (Lipinski definition) is 1. The maximum absolute atomic E-state index is 13.1. The van der Waals surface area contributed by atoms with Crippen molar-refractivity contribution in [3.05, 3.63) is 87.4 Å². The highest BCUT2D eigenvalue weighted by molar-refractivity contribution is 7.07. The molecule has 0 aliphatic carbocycles. The quantitative estimate of drug-likeness (QED) is 0.710. The van der Waals surface area contributed by atoms with Crippen LogP contribution in [0.15, 0.2) is 59.3 Å². The molecule has 1 aromatic carbocycles. The number of rotatable bonds is 6. The molecule has 1 unspecified atom stereocenters. The summed E-state index contributed by atoms with van der Waals surface area (Å²) in [5.74, 6) is -0.277. The third-order valence-electron chi connectivity index (χ3n) is 4.25. The van der Waals surface area contributed by atoms with Gasteiger partial charge in [-0.2, -0.15) is 16.6 Å². The van der Waals surface area contributed by atoms with Gasteiger partial charge in [-0.05, 0) is 47.0 Å². The number of hydrogen-bond acceptors (Lipinski definition) is 5. The minimum Gasteiger partial charge on any atom is -0.387 e. The minimum atomic E-state index is -0.775. The molecule has 6 heteroatoms. The van der Waals surface area contributed by atoms with Gasteiger partial charge in [0.1, 0.15) is 11.8 Å². The lowest BCUT2D eigenvalue weighted by Crippen LogP contribution is -2.35. The zero-order valence-electron chi connectivity index (χ0n) is 14.9. The number of nitriles is 1. The Balaban J connectivity index is 1.87. The van der Waals surface area contributed by atoms with E-state index in [0.29, 0.717) is 17.8 Å². The fourth-order valence-corrected chi connectivity index (χ4v) is 3.47. The van der Waals surface area contributed by atoms with Crippen LogP contribution in [0.5, 0.6) is 0 Å². The van der Waals surface area contributed by atoms with Crippen molar-refractivity contribution < 1.29 is 9.90 Å². The highest BCUT2D eigenvalue weighted by atomic mass is 32.1. The van der Waals surface area contributed by atoms with Crippen molar-refractivity contribution >= 4 is 17.2 Å². The van der Waals surface area contributed by atoms with Crippen LogP contribution < -0.4 is 0 Å². The molecule has 27 heavy (non-hydrogen) atoms. The van der Waals surface area contributed by atoms with Crippen LogP contribution in [0.4, 0.5) is 0 Å². The molecule has 0 aliphatic rings. The number of aliphatic hydroxyl groups excluding tert-OH is 1. The summed E-state index contributed by atoms with van der Waals surface area (Å²) in [5.41, 5.74) is 2.98. The van der Waals surface area contributed by atoms with Gasteiger partial charge in [0.2, 0.25) is 0 Å². The van der Waals surface area contributed by atoms with Gasteiger partial charge >= 0.3 is 0 Å². The van der Waals surface area contributed by atoms with Gasteiger partial charge in [-0.1, -0.05) is 30.3 Å². The van der Waals surface area contributed by atoms with Crippen molar-refractivity contribution in [3.8, 4) is 6.07 Å². The molecule has 0 saturated heterocycles. The molecule has 1 amide bonds. The lowest BCUT2D eigenvalue weighted by Gasteiger charge is -2.25. The first-order valence-corrected chi connectivity index (χ1v) is 9.44. The molecule has 0 radical (unpaired) electrons. The maximum Gasteiger partial charge on any atom is 0.272 e. The average molecular weight is 377 g/mol. The van der Waals surface area contributed by atoms with Crippen molar-refractivity contribution in [2.24, 2.45) is 0 Å². The first kappa shape index (κ1) is 18.8. The molecular weight excluding hydrogens is 358 g/mol. The number of aryl methyl sites for hydroxylation is 1. The van der Waals surface area contributed by atoms with Gasteiger partial charge in [0, 0.05) is 6.54 Å². The fraction of sp³-hybridized carbons (Fsp3) is 0.190. The number of aromatic nitrogens is 1. The predicted molar refractivity (Wildman–Crippen MR) is 104 cm³/mol. The summed E-state index contributed by atoms with van der Waals surface area (Å²) in [6, 6.07) is 16.7. The second kappa shape index (κ2) is 8.58. The number of benzene rings is 1. The third-order valence-corrected chi connectivity index (χ3v) is 4.95. The summed E-state index contributed by atoms with van der Waals surface area (Å²) in [5, 5.41) is 23.4. The summed E-state index contributed by atoms with van der Waals surface area (Å²) in [6.07, 6.45) is -0.775. The van der Waals surface area contributed by atoms with Crippen molar-refractivity contribution in [1.29, 1.82) is 5.26 Å². The summed E-state index contributed by atoms with van der Waals surface area (Å²) in [6.45, 7) is 2.23. The van der Waals surface area contributed by atoms with Crippen LogP contribution in [-0.2, 0) is 6.54 Å². The number of nitrogens with zero attached hydrogens (tertiary/aromatic N) is 3. The van der Waals surface area contributed by atoms with Gasteiger partial charge in [-0.25, -0.2) is 4.98 Å². The Morgan fingerprint density at radius 2 is 2.04 bits per heavy atom. The number of thiophene rings is 1. The molecule has 1 atom stereocenters. The van der Waals surface area contributed by atoms with Crippen molar-refractivity contribution in [2.45, 2.75) is 19.6 Å². The number of aliphatic hydroxyl groups is 1. The topological polar surface area (TPSA) is 77.2 Å². The predicted octanol–water partition coefficient (Wildman–Crippen LogP) is 3.70. The standard InChI is InChI=1S/C21H19N3O2S/c1-15-17(11-22)7-8-19(23-15)21(26)24(12-16-5-3-2-4-6-16)13-20(25)18-9-10-27-14-18/h2-10,14,20,25H,12-13H2,1H3. The molecule has 1 N–H and O–H groups in total. The Bertz CT molecular complexity index is 949. The molecule has 3 aromatic rings. The van der Waals surface area contributed by atoms with Gasteiger partial charge < -0.3 is 10.0 Å². The van der Waals surface area contributed by atoms with Crippen molar-refractivity contribution in [3.63, 3.8) is 0 Å². The Morgan fingerprint density at radius 1 is 1.26 bits per heavy atom. The molecule has 0 saturated carbocycles. The van der Waals surface area contributed by atoms with Crippen LogP contribution in [0.2, 0.25) is 0 Å². The molecule has 0 spiro atoms. The Morgan fingerprint density at radius 3 is 2.67 bits per heavy atom. The smallest absolute Gasteiger partial charge is 0.272 e. The van der Waals surface area contributed by atoms with E-state index in [1.165, 1.54) is 11.3 Å². The average Bonchev–Trinajstić information content (AvgIpc) is 3.22. The molecule has 2 heterocycles. The summed E-state index contributed by atoms with van der Waals surface area (Å²) in [4.78, 5) is 19.0. The monoisotopic (exact) mass is 377 g/mol. The van der Waals surface area contributed by atoms with E-state index in [0.717, 1.165) is 11.1 Å². The van der Waals surface area contributed by atoms with Crippen LogP contribution in [0.3, 0.4) is 0 Å². The van der Waals surface area contributed by atoms with E-state index in [4.69, 9.17) is 5.26 Å². The lowest BCUT2D eigenvalue weighted by atomic mass is 10.1. The number of pyridine rings is 1. The first-order valence-electron chi connectivity index (χ1n) is 8.49. The van der Waals surface area contributed by atoms with Crippen LogP contribution >= 0.6 is 11.3 Å². The van der Waals surface area contributed by atoms with E-state index in [-0.39, 0.29) is 18.1 Å². The van der Waals surface area contributed by atoms with E-state index < -0.39 is 6.10 Å². The Kier molecular flexibility index (Phi) is 5.97. The fourth-order valence-electron chi connectivity index (χ4n) is 2.76. The normalized spacial score (nSPS) is 11.6. The molecular formula is C21H19N3O2S. The second-order valence-electron chi connectivity index (χ2n) is 6.19. The highest BCUT2D eigenvalue weighted by Crippen LogP contribution is 2.20. The van der Waals surface area contributed by atoms with Crippen LogP contribution in [-0.4, -0.2) is 27.4 Å². The second-order valence-corrected chi connectivity index (χ2v) is 6.97. The van der Waals surface area contributed by atoms with Crippen molar-refractivity contribution in [1.82, 2.24) is 9.88 Å². The zero-order chi connectivity index (χ0) is 19.2. The van der Waals surface area contributed by atoms with Crippen LogP contribution in [0.25, 0.3) is 0 Å². The molecule has 2 aromatic heterocycles. The molecule has 5 nitrogen and oxygen atoms in total. The van der Waals surface area contributed by atoms with E-state index >= 15 is 0 Å². The van der Waals surface area contributed by atoms with Gasteiger partial charge in [0.15, 0.2) is 0 Å². The van der Waals surface area contributed by atoms with Crippen molar-refractivity contribution in [2.75, 3.05) is 6.54 Å². The van der Waals surface area contributed by atoms with Gasteiger partial charge in [0.25, 0.3) is 5.91 Å². The van der Waals surface area contributed by atoms with E-state index in [1.807, 2.05) is 47.2 Å². The number of amides is 1. The molecule has 0 fully saturated rings. The molecule has 3 rings (SSSR count). The van der Waals surface area contributed by atoms with Crippen LogP contribution in [0, 0.1) is 18.3 Å². The van der Waals surface area contributed by atoms with Crippen LogP contribution in [0.1, 0.15) is 39.0 Å². The maximum atomic E-state index is 13.1. The minimum absolute atomic E-state index is 0.158. The molecule has 0 aliphatic heterocycles. The van der Waals surface area contributed by atoms with E-state index in [1.54, 1.807) is 24.0 Å². The summed E-state index contributed by atoms with van der Waals surface area (Å²) in [7, 11) is 0. The highest BCUT2D eigenvalue weighted by Gasteiger charge is 2.22. The lowest BCUT2D eigenvalue weighted by molar-refractivity contribution is 0.0598. The Hall–Kier alpha value is -3.01. The van der Waals surface area contributed by atoms with E-state index in [9.17, 15) is 9.90 Å². The summed E-state index contributed by atoms with van der Waals surface area (Å²) < 4.78 is 0. The zero-order valence-corrected chi connectivity index (χ0v) is 15.7.